The monoisotopic (exact) mass is 576 g/mol. The lowest BCUT2D eigenvalue weighted by Gasteiger charge is -2.37. The second-order valence-electron chi connectivity index (χ2n) is 10.9. The van der Waals surface area contributed by atoms with Crippen LogP contribution in [-0.2, 0) is 10.4 Å². The quantitative estimate of drug-likeness (QED) is 0.292. The third-order valence-corrected chi connectivity index (χ3v) is 8.59. The van der Waals surface area contributed by atoms with Crippen LogP contribution in [-0.4, -0.2) is 66.8 Å². The van der Waals surface area contributed by atoms with Gasteiger partial charge in [0.1, 0.15) is 17.7 Å². The fourth-order valence-electron chi connectivity index (χ4n) is 4.78. The summed E-state index contributed by atoms with van der Waals surface area (Å²) in [5.41, 5.74) is 7.27. The molecule has 0 unspecified atom stereocenters. The van der Waals surface area contributed by atoms with Gasteiger partial charge in [-0.05, 0) is 58.2 Å². The van der Waals surface area contributed by atoms with Crippen LogP contribution in [0.4, 0.5) is 15.7 Å². The van der Waals surface area contributed by atoms with E-state index >= 15 is 0 Å². The Morgan fingerprint density at radius 1 is 1.10 bits per heavy atom. The first kappa shape index (κ1) is 28.3. The Hall–Kier alpha value is -4.23. The van der Waals surface area contributed by atoms with Crippen LogP contribution in [0.5, 0.6) is 0 Å². The molecule has 0 saturated carbocycles. The largest absolute Gasteiger partial charge is 0.481 e. The Morgan fingerprint density at radius 3 is 2.37 bits per heavy atom. The summed E-state index contributed by atoms with van der Waals surface area (Å²) >= 11 is 1.34. The van der Waals surface area contributed by atoms with Crippen LogP contribution in [0.2, 0.25) is 0 Å². The predicted octanol–water partition coefficient (Wildman–Crippen LogP) is 4.03. The molecular formula is C28H32N8O4S. The molecule has 4 N–H and O–H groups in total. The number of carboxylic acid groups (broad SMARTS) is 1. The number of fused-ring (bicyclic) bond motifs is 1. The molecule has 4 heterocycles. The van der Waals surface area contributed by atoms with Crippen LogP contribution >= 0.6 is 11.3 Å². The van der Waals surface area contributed by atoms with E-state index in [0.29, 0.717) is 60.5 Å². The average molecular weight is 577 g/mol. The van der Waals surface area contributed by atoms with Crippen molar-refractivity contribution in [3.05, 3.63) is 42.7 Å². The lowest BCUT2D eigenvalue weighted by Crippen LogP contribution is -2.43. The molecule has 13 heteroatoms. The van der Waals surface area contributed by atoms with Gasteiger partial charge in [0.2, 0.25) is 0 Å². The zero-order chi connectivity index (χ0) is 29.5. The molecule has 5 rings (SSSR count). The molecule has 0 atom stereocenters. The number of aromatic nitrogens is 5. The smallest absolute Gasteiger partial charge is 0.321 e. The molecule has 0 bridgehead atoms. The van der Waals surface area contributed by atoms with Gasteiger partial charge in [-0.3, -0.25) is 9.69 Å². The third kappa shape index (κ3) is 5.55. The molecule has 1 fully saturated rings. The van der Waals surface area contributed by atoms with Gasteiger partial charge in [0.25, 0.3) is 0 Å². The number of urea groups is 1. The summed E-state index contributed by atoms with van der Waals surface area (Å²) in [6.07, 6.45) is 5.83. The van der Waals surface area contributed by atoms with Gasteiger partial charge in [0.15, 0.2) is 11.0 Å². The third-order valence-electron chi connectivity index (χ3n) is 7.46. The molecular weight excluding hydrogens is 544 g/mol. The van der Waals surface area contributed by atoms with Gasteiger partial charge in [0, 0.05) is 49.2 Å². The zero-order valence-corrected chi connectivity index (χ0v) is 24.1. The number of hydrogen-bond acceptors (Lipinski definition) is 10. The number of nitrogens with two attached hydrogens (primary N) is 1. The van der Waals surface area contributed by atoms with Gasteiger partial charge in [0.05, 0.1) is 21.3 Å². The number of carbonyl (C=O) groups is 2. The number of piperidine rings is 1. The second-order valence-corrected chi connectivity index (χ2v) is 11.9. The van der Waals surface area contributed by atoms with E-state index in [2.05, 4.69) is 24.8 Å². The van der Waals surface area contributed by atoms with Crippen molar-refractivity contribution < 1.29 is 19.8 Å². The topological polar surface area (TPSA) is 172 Å². The molecule has 4 aromatic rings. The van der Waals surface area contributed by atoms with Crippen LogP contribution in [0.15, 0.2) is 36.9 Å². The maximum absolute atomic E-state index is 12.1. The highest BCUT2D eigenvalue weighted by molar-refractivity contribution is 7.23. The highest BCUT2D eigenvalue weighted by Crippen LogP contribution is 2.40. The van der Waals surface area contributed by atoms with E-state index in [9.17, 15) is 19.8 Å². The van der Waals surface area contributed by atoms with Gasteiger partial charge >= 0.3 is 12.0 Å². The van der Waals surface area contributed by atoms with Crippen LogP contribution in [0, 0.1) is 5.41 Å². The van der Waals surface area contributed by atoms with Gasteiger partial charge < -0.3 is 20.8 Å². The Kier molecular flexibility index (Phi) is 7.34. The summed E-state index contributed by atoms with van der Waals surface area (Å²) in [7, 11) is 0. The summed E-state index contributed by atoms with van der Waals surface area (Å²) in [5, 5.41) is 20.4. The van der Waals surface area contributed by atoms with Crippen LogP contribution in [0.3, 0.4) is 0 Å². The Balaban J connectivity index is 1.60. The SMILES string of the molecule is CCN(C(N)=O)c1nc2cc(-c3cnc(C(C)(C)O)nc3)cc(-c3cc(N4CCC(C)(C(=O)O)CC4)ncn3)c2s1. The first-order valence-electron chi connectivity index (χ1n) is 13.3. The van der Waals surface area contributed by atoms with Crippen LogP contribution < -0.4 is 15.5 Å². The number of hydrogen-bond donors (Lipinski definition) is 3. The number of aliphatic hydroxyl groups is 1. The molecule has 41 heavy (non-hydrogen) atoms. The number of benzene rings is 1. The first-order valence-corrected chi connectivity index (χ1v) is 14.1. The minimum atomic E-state index is -1.18. The minimum absolute atomic E-state index is 0.305. The van der Waals surface area contributed by atoms with E-state index in [0.717, 1.165) is 21.4 Å². The van der Waals surface area contributed by atoms with Crippen LogP contribution in [0.25, 0.3) is 32.6 Å². The Morgan fingerprint density at radius 2 is 1.78 bits per heavy atom. The molecule has 214 valence electrons. The van der Waals surface area contributed by atoms with Crippen molar-refractivity contribution in [2.24, 2.45) is 11.1 Å². The number of rotatable bonds is 7. The number of anilines is 2. The number of aliphatic carboxylic acids is 1. The molecule has 12 nitrogen and oxygen atoms in total. The summed E-state index contributed by atoms with van der Waals surface area (Å²) in [5.74, 6) is 0.229. The maximum atomic E-state index is 12.1. The van der Waals surface area contributed by atoms with Crippen molar-refractivity contribution in [3.63, 3.8) is 0 Å². The average Bonchev–Trinajstić information content (AvgIpc) is 3.36. The molecule has 2 amide bonds. The maximum Gasteiger partial charge on any atom is 0.321 e. The molecule has 0 spiro atoms. The fraction of sp³-hybridized carbons (Fsp3) is 0.393. The van der Waals surface area contributed by atoms with Crippen molar-refractivity contribution in [1.29, 1.82) is 0 Å². The first-order chi connectivity index (χ1) is 19.4. The van der Waals surface area contributed by atoms with Crippen molar-refractivity contribution in [1.82, 2.24) is 24.9 Å². The Bertz CT molecular complexity index is 1610. The summed E-state index contributed by atoms with van der Waals surface area (Å²) in [6, 6.07) is 5.17. The lowest BCUT2D eigenvalue weighted by atomic mass is 9.80. The van der Waals surface area contributed by atoms with Crippen molar-refractivity contribution in [2.45, 2.75) is 46.1 Å². The number of nitrogens with zero attached hydrogens (tertiary/aromatic N) is 7. The minimum Gasteiger partial charge on any atom is -0.481 e. The van der Waals surface area contributed by atoms with E-state index in [1.54, 1.807) is 33.2 Å². The van der Waals surface area contributed by atoms with Gasteiger partial charge in [-0.25, -0.2) is 29.7 Å². The number of amides is 2. The normalized spacial score (nSPS) is 15.2. The second kappa shape index (κ2) is 10.6. The molecule has 0 aliphatic carbocycles. The number of carbonyl (C=O) groups excluding carboxylic acids is 1. The van der Waals surface area contributed by atoms with E-state index < -0.39 is 23.0 Å². The number of carboxylic acids is 1. The fourth-order valence-corrected chi connectivity index (χ4v) is 5.92. The van der Waals surface area contributed by atoms with E-state index in [1.807, 2.05) is 25.1 Å². The van der Waals surface area contributed by atoms with Gasteiger partial charge in [-0.1, -0.05) is 11.3 Å². The summed E-state index contributed by atoms with van der Waals surface area (Å²) < 4.78 is 0.819. The van der Waals surface area contributed by atoms with Gasteiger partial charge in [-0.2, -0.15) is 0 Å². The van der Waals surface area contributed by atoms with Crippen molar-refractivity contribution >= 4 is 44.5 Å². The van der Waals surface area contributed by atoms with Crippen LogP contribution in [0.1, 0.15) is 46.4 Å². The van der Waals surface area contributed by atoms with E-state index in [4.69, 9.17) is 10.7 Å². The number of thiazole rings is 1. The molecule has 1 aliphatic heterocycles. The molecule has 0 radical (unpaired) electrons. The highest BCUT2D eigenvalue weighted by Gasteiger charge is 2.37. The zero-order valence-electron chi connectivity index (χ0n) is 23.3. The number of primary amides is 1. The standard InChI is InChI=1S/C28H32N8O4S/c1-5-36(25(29)39)26-34-20-11-16(17-13-30-23(31-14-17)27(2,3)40)10-18(22(20)41-26)19-12-21(33-15-32-19)35-8-6-28(4,7-9-35)24(37)38/h10-15,40H,5-9H2,1-4H3,(H2,29,39)(H,37,38). The molecule has 1 aliphatic rings. The Labute approximate surface area is 240 Å². The van der Waals surface area contributed by atoms with Gasteiger partial charge in [-0.15, -0.1) is 0 Å². The molecule has 1 aromatic carbocycles. The van der Waals surface area contributed by atoms with Crippen molar-refractivity contribution in [3.8, 4) is 22.4 Å². The molecule has 3 aromatic heterocycles. The van der Waals surface area contributed by atoms with E-state index in [-0.39, 0.29) is 0 Å². The predicted molar refractivity (Wildman–Crippen MR) is 157 cm³/mol. The van der Waals surface area contributed by atoms with E-state index in [1.165, 1.54) is 22.6 Å². The summed E-state index contributed by atoms with van der Waals surface area (Å²) in [6.45, 7) is 8.35. The van der Waals surface area contributed by atoms with Crippen molar-refractivity contribution in [2.75, 3.05) is 29.4 Å². The lowest BCUT2D eigenvalue weighted by molar-refractivity contribution is -0.149. The summed E-state index contributed by atoms with van der Waals surface area (Å²) in [4.78, 5) is 49.8. The highest BCUT2D eigenvalue weighted by atomic mass is 32.1. The molecule has 1 saturated heterocycles.